The van der Waals surface area contributed by atoms with Gasteiger partial charge in [-0.25, -0.2) is 4.39 Å². The predicted octanol–water partition coefficient (Wildman–Crippen LogP) is 4.90. The van der Waals surface area contributed by atoms with E-state index in [-0.39, 0.29) is 17.8 Å². The molecule has 32 heavy (non-hydrogen) atoms. The minimum absolute atomic E-state index is 0.117. The number of amides is 1. The number of nitrogens with zero attached hydrogens (tertiary/aromatic N) is 2. The monoisotopic (exact) mass is 429 g/mol. The Morgan fingerprint density at radius 1 is 1.12 bits per heavy atom. The number of carbonyl (C=O) groups is 1. The number of aromatic nitrogens is 2. The number of hydrogen-bond donors (Lipinski definition) is 1. The summed E-state index contributed by atoms with van der Waals surface area (Å²) in [5, 5.41) is 1.17. The van der Waals surface area contributed by atoms with Crippen molar-refractivity contribution in [3.05, 3.63) is 90.1 Å². The molecule has 1 fully saturated rings. The molecular weight excluding hydrogens is 405 g/mol. The predicted molar refractivity (Wildman–Crippen MR) is 122 cm³/mol. The van der Waals surface area contributed by atoms with Gasteiger partial charge in [-0.1, -0.05) is 42.5 Å². The molecule has 162 valence electrons. The molecule has 1 saturated heterocycles. The first-order valence-corrected chi connectivity index (χ1v) is 10.8. The number of pyridine rings is 1. The maximum absolute atomic E-state index is 14.0. The zero-order valence-corrected chi connectivity index (χ0v) is 17.6. The Bertz CT molecular complexity index is 1240. The Balaban J connectivity index is 1.23. The molecule has 0 bridgehead atoms. The van der Waals surface area contributed by atoms with Crippen molar-refractivity contribution in [1.29, 1.82) is 0 Å². The lowest BCUT2D eigenvalue weighted by Gasteiger charge is -2.32. The molecule has 6 heteroatoms. The number of aryl methyl sites for hydroxylation is 1. The fourth-order valence-electron chi connectivity index (χ4n) is 4.24. The van der Waals surface area contributed by atoms with E-state index in [4.69, 9.17) is 4.74 Å². The van der Waals surface area contributed by atoms with Gasteiger partial charge in [0.05, 0.1) is 18.8 Å². The highest BCUT2D eigenvalue weighted by Crippen LogP contribution is 2.26. The van der Waals surface area contributed by atoms with Gasteiger partial charge in [-0.2, -0.15) is 0 Å². The van der Waals surface area contributed by atoms with Crippen LogP contribution in [0.15, 0.2) is 73.1 Å². The minimum atomic E-state index is -0.282. The number of H-pyrrole nitrogens is 1. The molecule has 1 amide bonds. The summed E-state index contributed by atoms with van der Waals surface area (Å²) in [6.07, 6.45) is 4.51. The van der Waals surface area contributed by atoms with Gasteiger partial charge in [0.15, 0.2) is 0 Å². The lowest BCUT2D eigenvalue weighted by Crippen LogP contribution is -2.42. The fraction of sp³-hybridized carbons (Fsp3) is 0.231. The van der Waals surface area contributed by atoms with E-state index in [0.717, 1.165) is 16.8 Å². The SMILES string of the molecule is O=C(CCc1c[nH]c2ccccc12)N1CCO[C@@H](c2ccc(-c3ccccc3F)cn2)C1. The van der Waals surface area contributed by atoms with Gasteiger partial charge in [-0.05, 0) is 30.2 Å². The van der Waals surface area contributed by atoms with Gasteiger partial charge in [0.2, 0.25) is 5.91 Å². The second-order valence-corrected chi connectivity index (χ2v) is 8.01. The summed E-state index contributed by atoms with van der Waals surface area (Å²) in [6.45, 7) is 1.52. The van der Waals surface area contributed by atoms with Crippen molar-refractivity contribution in [3.8, 4) is 11.1 Å². The molecule has 3 heterocycles. The quantitative estimate of drug-likeness (QED) is 0.491. The Hall–Kier alpha value is -3.51. The van der Waals surface area contributed by atoms with Crippen molar-refractivity contribution in [2.24, 2.45) is 0 Å². The highest BCUT2D eigenvalue weighted by atomic mass is 19.1. The van der Waals surface area contributed by atoms with Crippen LogP contribution in [0.1, 0.15) is 23.8 Å². The van der Waals surface area contributed by atoms with Crippen LogP contribution in [0.2, 0.25) is 0 Å². The largest absolute Gasteiger partial charge is 0.368 e. The molecule has 0 spiro atoms. The summed E-state index contributed by atoms with van der Waals surface area (Å²) in [7, 11) is 0. The van der Waals surface area contributed by atoms with Crippen LogP contribution >= 0.6 is 0 Å². The molecule has 0 radical (unpaired) electrons. The van der Waals surface area contributed by atoms with E-state index < -0.39 is 0 Å². The Morgan fingerprint density at radius 3 is 2.81 bits per heavy atom. The van der Waals surface area contributed by atoms with E-state index in [1.54, 1.807) is 24.4 Å². The van der Waals surface area contributed by atoms with Crippen LogP contribution in [0.5, 0.6) is 0 Å². The third kappa shape index (κ3) is 4.14. The molecule has 0 aliphatic carbocycles. The molecule has 1 N–H and O–H groups in total. The van der Waals surface area contributed by atoms with Gasteiger partial charge in [0.25, 0.3) is 0 Å². The molecule has 4 aromatic rings. The van der Waals surface area contributed by atoms with Crippen LogP contribution in [-0.4, -0.2) is 40.5 Å². The fourth-order valence-corrected chi connectivity index (χ4v) is 4.24. The molecule has 0 saturated carbocycles. The number of halogens is 1. The number of morpholine rings is 1. The molecule has 0 unspecified atom stereocenters. The summed E-state index contributed by atoms with van der Waals surface area (Å²) in [6, 6.07) is 18.5. The topological polar surface area (TPSA) is 58.2 Å². The van der Waals surface area contributed by atoms with Gasteiger partial charge in [0, 0.05) is 47.4 Å². The van der Waals surface area contributed by atoms with Gasteiger partial charge in [0.1, 0.15) is 11.9 Å². The van der Waals surface area contributed by atoms with Crippen LogP contribution in [0.25, 0.3) is 22.0 Å². The number of carbonyl (C=O) groups excluding carboxylic acids is 1. The second-order valence-electron chi connectivity index (χ2n) is 8.01. The average Bonchev–Trinajstić information content (AvgIpc) is 3.26. The minimum Gasteiger partial charge on any atom is -0.368 e. The van der Waals surface area contributed by atoms with Crippen molar-refractivity contribution >= 4 is 16.8 Å². The van der Waals surface area contributed by atoms with Crippen LogP contribution in [-0.2, 0) is 16.0 Å². The standard InChI is InChI=1S/C26H24FN3O2/c27-22-7-3-1-5-20(22)18-9-11-24(29-15-18)25-17-30(13-14-32-25)26(31)12-10-19-16-28-23-8-4-2-6-21(19)23/h1-9,11,15-16,25,28H,10,12-14,17H2/t25-/m1/s1. The first-order valence-electron chi connectivity index (χ1n) is 10.8. The van der Waals surface area contributed by atoms with Crippen molar-refractivity contribution in [1.82, 2.24) is 14.9 Å². The third-order valence-corrected chi connectivity index (χ3v) is 6.00. The second kappa shape index (κ2) is 8.93. The van der Waals surface area contributed by atoms with Crippen molar-refractivity contribution in [2.75, 3.05) is 19.7 Å². The maximum atomic E-state index is 14.0. The molecular formula is C26H24FN3O2. The normalized spacial score (nSPS) is 16.4. The number of para-hydroxylation sites is 1. The molecule has 5 rings (SSSR count). The van der Waals surface area contributed by atoms with Crippen LogP contribution < -0.4 is 0 Å². The van der Waals surface area contributed by atoms with Gasteiger partial charge in [-0.3, -0.25) is 9.78 Å². The summed E-state index contributed by atoms with van der Waals surface area (Å²) >= 11 is 0. The smallest absolute Gasteiger partial charge is 0.223 e. The average molecular weight is 429 g/mol. The molecule has 2 aromatic heterocycles. The van der Waals surface area contributed by atoms with Gasteiger partial charge >= 0.3 is 0 Å². The highest BCUT2D eigenvalue weighted by Gasteiger charge is 2.26. The summed E-state index contributed by atoms with van der Waals surface area (Å²) < 4.78 is 19.9. The Morgan fingerprint density at radius 2 is 1.97 bits per heavy atom. The lowest BCUT2D eigenvalue weighted by molar-refractivity contribution is -0.139. The number of rotatable bonds is 5. The maximum Gasteiger partial charge on any atom is 0.223 e. The number of fused-ring (bicyclic) bond motifs is 1. The summed E-state index contributed by atoms with van der Waals surface area (Å²) in [4.78, 5) is 22.5. The number of aromatic amines is 1. The lowest BCUT2D eigenvalue weighted by atomic mass is 10.1. The molecule has 1 aliphatic rings. The number of benzene rings is 2. The first-order chi connectivity index (χ1) is 15.7. The summed E-state index contributed by atoms with van der Waals surface area (Å²) in [5.41, 5.74) is 4.23. The zero-order chi connectivity index (χ0) is 21.9. The first kappa shape index (κ1) is 20.4. The van der Waals surface area contributed by atoms with E-state index in [0.29, 0.717) is 43.7 Å². The molecule has 1 atom stereocenters. The number of hydrogen-bond acceptors (Lipinski definition) is 3. The Labute approximate surface area is 185 Å². The zero-order valence-electron chi connectivity index (χ0n) is 17.6. The van der Waals surface area contributed by atoms with Crippen LogP contribution in [0.3, 0.4) is 0 Å². The van der Waals surface area contributed by atoms with Gasteiger partial charge in [-0.15, -0.1) is 0 Å². The van der Waals surface area contributed by atoms with Crippen LogP contribution in [0.4, 0.5) is 4.39 Å². The van der Waals surface area contributed by atoms with Crippen molar-refractivity contribution < 1.29 is 13.9 Å². The van der Waals surface area contributed by atoms with E-state index in [2.05, 4.69) is 16.0 Å². The summed E-state index contributed by atoms with van der Waals surface area (Å²) in [5.74, 6) is -0.158. The molecule has 5 nitrogen and oxygen atoms in total. The Kier molecular flexibility index (Phi) is 5.69. The third-order valence-electron chi connectivity index (χ3n) is 6.00. The van der Waals surface area contributed by atoms with E-state index in [9.17, 15) is 9.18 Å². The van der Waals surface area contributed by atoms with Crippen molar-refractivity contribution in [2.45, 2.75) is 18.9 Å². The molecule has 2 aromatic carbocycles. The molecule has 1 aliphatic heterocycles. The number of nitrogens with one attached hydrogen (secondary N) is 1. The highest BCUT2D eigenvalue weighted by molar-refractivity contribution is 5.84. The number of ether oxygens (including phenoxy) is 1. The van der Waals surface area contributed by atoms with Crippen LogP contribution in [0, 0.1) is 5.82 Å². The van der Waals surface area contributed by atoms with E-state index in [1.165, 1.54) is 11.5 Å². The van der Waals surface area contributed by atoms with E-state index >= 15 is 0 Å². The van der Waals surface area contributed by atoms with E-state index in [1.807, 2.05) is 41.4 Å². The van der Waals surface area contributed by atoms with Crippen molar-refractivity contribution in [3.63, 3.8) is 0 Å². The van der Waals surface area contributed by atoms with Gasteiger partial charge < -0.3 is 14.6 Å².